The molecule has 2 fully saturated rings. The second-order valence-corrected chi connectivity index (χ2v) is 4.00. The van der Waals surface area contributed by atoms with Gasteiger partial charge in [-0.05, 0) is 0 Å². The lowest BCUT2D eigenvalue weighted by Crippen LogP contribution is -2.52. The highest BCUT2D eigenvalue weighted by Gasteiger charge is 2.44. The molecule has 2 saturated heterocycles. The van der Waals surface area contributed by atoms with Crippen LogP contribution in [0.1, 0.15) is 19.8 Å². The summed E-state index contributed by atoms with van der Waals surface area (Å²) in [6.07, 6.45) is 1.28. The lowest BCUT2D eigenvalue weighted by molar-refractivity contribution is -0.189. The van der Waals surface area contributed by atoms with Crippen LogP contribution in [-0.2, 0) is 14.3 Å². The Balaban J connectivity index is 1.98. The van der Waals surface area contributed by atoms with Crippen LogP contribution < -0.4 is 0 Å². The largest absolute Gasteiger partial charge is 0.380 e. The Bertz CT molecular complexity index is 196. The van der Waals surface area contributed by atoms with E-state index in [0.29, 0.717) is 25.2 Å². The van der Waals surface area contributed by atoms with E-state index in [1.54, 1.807) is 0 Å². The molecular formula is C9H14O3. The highest BCUT2D eigenvalue weighted by atomic mass is 16.5. The molecule has 68 valence electrons. The van der Waals surface area contributed by atoms with Crippen LogP contribution in [0, 0.1) is 5.41 Å². The average molecular weight is 170 g/mol. The van der Waals surface area contributed by atoms with Gasteiger partial charge in [-0.1, -0.05) is 6.92 Å². The van der Waals surface area contributed by atoms with Gasteiger partial charge in [-0.2, -0.15) is 0 Å². The molecule has 0 aromatic heterocycles. The van der Waals surface area contributed by atoms with Gasteiger partial charge in [0, 0.05) is 18.3 Å². The molecule has 0 aromatic rings. The summed E-state index contributed by atoms with van der Waals surface area (Å²) >= 11 is 0. The molecule has 3 nitrogen and oxygen atoms in total. The second kappa shape index (κ2) is 2.82. The van der Waals surface area contributed by atoms with Crippen molar-refractivity contribution in [3.05, 3.63) is 0 Å². The van der Waals surface area contributed by atoms with Crippen molar-refractivity contribution >= 4 is 5.78 Å². The number of ketones is 1. The first kappa shape index (κ1) is 8.20. The topological polar surface area (TPSA) is 35.5 Å². The fourth-order valence-corrected chi connectivity index (χ4v) is 1.74. The van der Waals surface area contributed by atoms with Crippen LogP contribution in [0.5, 0.6) is 0 Å². The van der Waals surface area contributed by atoms with E-state index in [0.717, 1.165) is 13.2 Å². The molecule has 2 aliphatic heterocycles. The van der Waals surface area contributed by atoms with Crippen molar-refractivity contribution in [2.24, 2.45) is 5.41 Å². The van der Waals surface area contributed by atoms with Crippen molar-refractivity contribution in [2.45, 2.75) is 25.9 Å². The Morgan fingerprint density at radius 2 is 2.25 bits per heavy atom. The van der Waals surface area contributed by atoms with Crippen molar-refractivity contribution < 1.29 is 14.3 Å². The third-order valence-corrected chi connectivity index (χ3v) is 2.75. The molecule has 0 unspecified atom stereocenters. The van der Waals surface area contributed by atoms with Crippen molar-refractivity contribution in [3.8, 4) is 0 Å². The van der Waals surface area contributed by atoms with Gasteiger partial charge < -0.3 is 9.47 Å². The molecule has 0 N–H and O–H groups in total. The summed E-state index contributed by atoms with van der Waals surface area (Å²) in [6.45, 7) is 4.20. The van der Waals surface area contributed by atoms with E-state index in [1.165, 1.54) is 0 Å². The van der Waals surface area contributed by atoms with E-state index in [-0.39, 0.29) is 11.5 Å². The molecular weight excluding hydrogens is 156 g/mol. The van der Waals surface area contributed by atoms with Gasteiger partial charge in [0.15, 0.2) is 0 Å². The third-order valence-electron chi connectivity index (χ3n) is 2.75. The van der Waals surface area contributed by atoms with E-state index < -0.39 is 0 Å². The number of hydrogen-bond donors (Lipinski definition) is 0. The molecule has 2 rings (SSSR count). The fourth-order valence-electron chi connectivity index (χ4n) is 1.74. The molecule has 0 radical (unpaired) electrons. The van der Waals surface area contributed by atoms with E-state index in [4.69, 9.17) is 9.47 Å². The zero-order valence-corrected chi connectivity index (χ0v) is 7.34. The van der Waals surface area contributed by atoms with Gasteiger partial charge in [-0.25, -0.2) is 0 Å². The van der Waals surface area contributed by atoms with Crippen molar-refractivity contribution in [1.82, 2.24) is 0 Å². The van der Waals surface area contributed by atoms with E-state index >= 15 is 0 Å². The van der Waals surface area contributed by atoms with Crippen LogP contribution in [-0.4, -0.2) is 31.7 Å². The summed E-state index contributed by atoms with van der Waals surface area (Å²) in [7, 11) is 0. The zero-order valence-electron chi connectivity index (χ0n) is 7.34. The first-order valence-electron chi connectivity index (χ1n) is 4.42. The standard InChI is InChI=1S/C9H14O3/c1-9(5-11-6-9)8-4-7(10)2-3-12-8/h8H,2-6H2,1H3/t8-/m0/s1. The first-order valence-corrected chi connectivity index (χ1v) is 4.42. The minimum atomic E-state index is 0.104. The molecule has 12 heavy (non-hydrogen) atoms. The smallest absolute Gasteiger partial charge is 0.137 e. The average Bonchev–Trinajstić information content (AvgIpc) is 2.00. The quantitative estimate of drug-likeness (QED) is 0.583. The molecule has 2 aliphatic rings. The van der Waals surface area contributed by atoms with Crippen LogP contribution in [0.25, 0.3) is 0 Å². The van der Waals surface area contributed by atoms with Gasteiger partial charge in [-0.15, -0.1) is 0 Å². The Kier molecular flexibility index (Phi) is 1.93. The van der Waals surface area contributed by atoms with Crippen molar-refractivity contribution in [2.75, 3.05) is 19.8 Å². The maximum absolute atomic E-state index is 11.1. The maximum Gasteiger partial charge on any atom is 0.137 e. The number of hydrogen-bond acceptors (Lipinski definition) is 3. The third kappa shape index (κ3) is 1.27. The summed E-state index contributed by atoms with van der Waals surface area (Å²) < 4.78 is 10.7. The van der Waals surface area contributed by atoms with Crippen molar-refractivity contribution in [1.29, 1.82) is 0 Å². The van der Waals surface area contributed by atoms with Gasteiger partial charge in [0.05, 0.1) is 25.9 Å². The van der Waals surface area contributed by atoms with E-state index in [2.05, 4.69) is 6.92 Å². The Morgan fingerprint density at radius 1 is 1.50 bits per heavy atom. The molecule has 3 heteroatoms. The lowest BCUT2D eigenvalue weighted by Gasteiger charge is -2.45. The Morgan fingerprint density at radius 3 is 2.75 bits per heavy atom. The van der Waals surface area contributed by atoms with Gasteiger partial charge >= 0.3 is 0 Å². The Hall–Kier alpha value is -0.410. The maximum atomic E-state index is 11.1. The van der Waals surface area contributed by atoms with Gasteiger partial charge in [-0.3, -0.25) is 4.79 Å². The van der Waals surface area contributed by atoms with Gasteiger partial charge in [0.2, 0.25) is 0 Å². The minimum absolute atomic E-state index is 0.104. The zero-order chi connectivity index (χ0) is 8.60. The van der Waals surface area contributed by atoms with Gasteiger partial charge in [0.1, 0.15) is 5.78 Å². The summed E-state index contributed by atoms with van der Waals surface area (Å²) in [5.74, 6) is 0.333. The molecule has 0 saturated carbocycles. The molecule has 1 atom stereocenters. The predicted octanol–water partition coefficient (Wildman–Crippen LogP) is 0.771. The summed E-state index contributed by atoms with van der Waals surface area (Å²) in [4.78, 5) is 11.1. The number of carbonyl (C=O) groups is 1. The molecule has 0 aromatic carbocycles. The van der Waals surface area contributed by atoms with E-state index in [1.807, 2.05) is 0 Å². The summed E-state index contributed by atoms with van der Waals surface area (Å²) in [5, 5.41) is 0. The number of rotatable bonds is 1. The Labute approximate surface area is 72.0 Å². The van der Waals surface area contributed by atoms with Crippen molar-refractivity contribution in [3.63, 3.8) is 0 Å². The van der Waals surface area contributed by atoms with Gasteiger partial charge in [0.25, 0.3) is 0 Å². The van der Waals surface area contributed by atoms with E-state index in [9.17, 15) is 4.79 Å². The fraction of sp³-hybridized carbons (Fsp3) is 0.889. The summed E-state index contributed by atoms with van der Waals surface area (Å²) in [5.41, 5.74) is 0.107. The lowest BCUT2D eigenvalue weighted by atomic mass is 9.79. The highest BCUT2D eigenvalue weighted by Crippen LogP contribution is 2.36. The summed E-state index contributed by atoms with van der Waals surface area (Å²) in [6, 6.07) is 0. The molecule has 0 spiro atoms. The number of Topliss-reactive ketones (excluding diaryl/α,β-unsaturated/α-hetero) is 1. The molecule has 0 amide bonds. The normalized spacial score (nSPS) is 34.4. The predicted molar refractivity (Wildman–Crippen MR) is 42.9 cm³/mol. The first-order chi connectivity index (χ1) is 5.71. The van der Waals surface area contributed by atoms with Crippen LogP contribution in [0.2, 0.25) is 0 Å². The molecule has 0 aliphatic carbocycles. The SMILES string of the molecule is CC1([C@@H]2CC(=O)CCO2)COC1. The highest BCUT2D eigenvalue weighted by molar-refractivity contribution is 5.79. The minimum Gasteiger partial charge on any atom is -0.380 e. The molecule has 2 heterocycles. The van der Waals surface area contributed by atoms with Crippen LogP contribution in [0.15, 0.2) is 0 Å². The van der Waals surface area contributed by atoms with Crippen LogP contribution in [0.4, 0.5) is 0 Å². The number of carbonyl (C=O) groups excluding carboxylic acids is 1. The number of ether oxygens (including phenoxy) is 2. The van der Waals surface area contributed by atoms with Crippen LogP contribution >= 0.6 is 0 Å². The monoisotopic (exact) mass is 170 g/mol. The second-order valence-electron chi connectivity index (χ2n) is 4.00. The van der Waals surface area contributed by atoms with Crippen LogP contribution in [0.3, 0.4) is 0 Å². The molecule has 0 bridgehead atoms.